The minimum absolute atomic E-state index is 0.101. The summed E-state index contributed by atoms with van der Waals surface area (Å²) >= 11 is 0. The van der Waals surface area contributed by atoms with Gasteiger partial charge in [-0.05, 0) is 39.3 Å². The Hall–Kier alpha value is -2.08. The zero-order chi connectivity index (χ0) is 15.4. The Morgan fingerprint density at radius 2 is 1.32 bits per heavy atom. The number of hydrogen-bond donors (Lipinski definition) is 0. The molecule has 0 radical (unpaired) electrons. The molecule has 0 aromatic heterocycles. The summed E-state index contributed by atoms with van der Waals surface area (Å²) in [5, 5.41) is 2.66. The van der Waals surface area contributed by atoms with Crippen molar-refractivity contribution in [1.82, 2.24) is 0 Å². The molecule has 1 unspecified atom stereocenters. The minimum Gasteiger partial charge on any atom is -0.0620 e. The van der Waals surface area contributed by atoms with Gasteiger partial charge in [0.25, 0.3) is 0 Å². The predicted molar refractivity (Wildman–Crippen MR) is 94.5 cm³/mol. The summed E-state index contributed by atoms with van der Waals surface area (Å²) in [6.45, 7) is 7.15. The van der Waals surface area contributed by atoms with Gasteiger partial charge in [-0.25, -0.2) is 0 Å². The van der Waals surface area contributed by atoms with Gasteiger partial charge in [0, 0.05) is 5.41 Å². The van der Waals surface area contributed by atoms with Gasteiger partial charge >= 0.3 is 0 Å². The number of benzene rings is 3. The normalized spacial score (nSPS) is 22.7. The molecule has 22 heavy (non-hydrogen) atoms. The smallest absolute Gasteiger partial charge is 0.0186 e. The maximum absolute atomic E-state index is 2.41. The summed E-state index contributed by atoms with van der Waals surface area (Å²) in [7, 11) is 0. The zero-order valence-corrected chi connectivity index (χ0v) is 13.6. The first-order chi connectivity index (χ1) is 10.5. The summed E-state index contributed by atoms with van der Waals surface area (Å²) < 4.78 is 0. The van der Waals surface area contributed by atoms with Crippen molar-refractivity contribution in [3.8, 4) is 0 Å². The first-order valence-corrected chi connectivity index (χ1v) is 8.10. The van der Waals surface area contributed by atoms with Crippen LogP contribution in [0.4, 0.5) is 0 Å². The van der Waals surface area contributed by atoms with Crippen LogP contribution in [0.2, 0.25) is 0 Å². The molecule has 0 nitrogen and oxygen atoms in total. The van der Waals surface area contributed by atoms with Crippen LogP contribution < -0.4 is 0 Å². The lowest BCUT2D eigenvalue weighted by molar-refractivity contribution is 0.425. The van der Waals surface area contributed by atoms with Gasteiger partial charge in [-0.15, -0.1) is 0 Å². The molecule has 1 atom stereocenters. The molecule has 4 rings (SSSR count). The summed E-state index contributed by atoms with van der Waals surface area (Å²) in [5.41, 5.74) is 4.77. The highest BCUT2D eigenvalue weighted by atomic mass is 14.5. The highest BCUT2D eigenvalue weighted by Gasteiger charge is 2.45. The monoisotopic (exact) mass is 286 g/mol. The van der Waals surface area contributed by atoms with E-state index in [0.29, 0.717) is 0 Å². The van der Waals surface area contributed by atoms with Crippen LogP contribution in [0.3, 0.4) is 0 Å². The Morgan fingerprint density at radius 3 is 2.09 bits per heavy atom. The second-order valence-electron chi connectivity index (χ2n) is 7.50. The molecular formula is C22H22. The van der Waals surface area contributed by atoms with Crippen molar-refractivity contribution in [3.05, 3.63) is 83.4 Å². The van der Waals surface area contributed by atoms with Crippen molar-refractivity contribution in [2.45, 2.75) is 38.0 Å². The van der Waals surface area contributed by atoms with Crippen LogP contribution >= 0.6 is 0 Å². The second kappa shape index (κ2) is 4.46. The standard InChI is InChI=1S/C22H22/c1-21(2)15-22(3,20-11-7-6-10-19(20)21)18-13-12-16-8-4-5-9-17(16)14-18/h4-14H,15H2,1-3H3. The van der Waals surface area contributed by atoms with Crippen molar-refractivity contribution in [1.29, 1.82) is 0 Å². The molecule has 1 aliphatic carbocycles. The van der Waals surface area contributed by atoms with Crippen LogP contribution in [-0.2, 0) is 10.8 Å². The lowest BCUT2D eigenvalue weighted by Gasteiger charge is -2.28. The zero-order valence-electron chi connectivity index (χ0n) is 13.6. The van der Waals surface area contributed by atoms with E-state index in [0.717, 1.165) is 6.42 Å². The van der Waals surface area contributed by atoms with Crippen molar-refractivity contribution < 1.29 is 0 Å². The lowest BCUT2D eigenvalue weighted by Crippen LogP contribution is -2.23. The van der Waals surface area contributed by atoms with Crippen LogP contribution in [0.25, 0.3) is 10.8 Å². The van der Waals surface area contributed by atoms with Gasteiger partial charge in [-0.3, -0.25) is 0 Å². The summed E-state index contributed by atoms with van der Waals surface area (Å²) in [6, 6.07) is 24.6. The summed E-state index contributed by atoms with van der Waals surface area (Å²) in [4.78, 5) is 0. The second-order valence-corrected chi connectivity index (χ2v) is 7.50. The summed E-state index contributed by atoms with van der Waals surface area (Å²) in [5.74, 6) is 0. The quantitative estimate of drug-likeness (QED) is 0.528. The van der Waals surface area contributed by atoms with Crippen molar-refractivity contribution in [3.63, 3.8) is 0 Å². The molecule has 110 valence electrons. The fraction of sp³-hybridized carbons (Fsp3) is 0.273. The third kappa shape index (κ3) is 1.83. The minimum atomic E-state index is 0.101. The molecule has 0 spiro atoms. The first kappa shape index (κ1) is 13.6. The van der Waals surface area contributed by atoms with Crippen LogP contribution in [0.5, 0.6) is 0 Å². The van der Waals surface area contributed by atoms with Gasteiger partial charge in [0.1, 0.15) is 0 Å². The Balaban J connectivity index is 1.94. The topological polar surface area (TPSA) is 0 Å². The van der Waals surface area contributed by atoms with E-state index in [2.05, 4.69) is 87.5 Å². The summed E-state index contributed by atoms with van der Waals surface area (Å²) in [6.07, 6.45) is 1.16. The molecule has 1 aliphatic rings. The van der Waals surface area contributed by atoms with Gasteiger partial charge in [0.2, 0.25) is 0 Å². The van der Waals surface area contributed by atoms with Crippen molar-refractivity contribution in [2.24, 2.45) is 0 Å². The predicted octanol–water partition coefficient (Wildman–Crippen LogP) is 5.83. The fourth-order valence-corrected chi connectivity index (χ4v) is 4.42. The lowest BCUT2D eigenvalue weighted by atomic mass is 9.74. The number of rotatable bonds is 1. The largest absolute Gasteiger partial charge is 0.0620 e. The van der Waals surface area contributed by atoms with Crippen molar-refractivity contribution >= 4 is 10.8 Å². The average Bonchev–Trinajstić information content (AvgIpc) is 2.75. The highest BCUT2D eigenvalue weighted by molar-refractivity contribution is 5.83. The first-order valence-electron chi connectivity index (χ1n) is 8.10. The molecule has 0 saturated heterocycles. The molecular weight excluding hydrogens is 264 g/mol. The SMILES string of the molecule is CC1(C)CC(C)(c2ccc3ccccc3c2)c2ccccc21. The molecule has 0 bridgehead atoms. The third-order valence-electron chi connectivity index (χ3n) is 5.43. The van der Waals surface area contributed by atoms with E-state index >= 15 is 0 Å². The average molecular weight is 286 g/mol. The molecule has 0 heterocycles. The maximum Gasteiger partial charge on any atom is 0.0186 e. The van der Waals surface area contributed by atoms with Gasteiger partial charge in [0.15, 0.2) is 0 Å². The molecule has 0 N–H and O–H groups in total. The Morgan fingerprint density at radius 1 is 0.682 bits per heavy atom. The Labute approximate surface area is 132 Å². The molecule has 3 aromatic rings. The van der Waals surface area contributed by atoms with Crippen LogP contribution in [-0.4, -0.2) is 0 Å². The molecule has 0 aliphatic heterocycles. The molecule has 3 aromatic carbocycles. The third-order valence-corrected chi connectivity index (χ3v) is 5.43. The Kier molecular flexibility index (Phi) is 2.75. The maximum atomic E-state index is 2.41. The van der Waals surface area contributed by atoms with Crippen LogP contribution in [0.15, 0.2) is 66.7 Å². The fourth-order valence-electron chi connectivity index (χ4n) is 4.42. The molecule has 0 heteroatoms. The Bertz CT molecular complexity index is 857. The van der Waals surface area contributed by atoms with Crippen LogP contribution in [0, 0.1) is 0 Å². The van der Waals surface area contributed by atoms with Gasteiger partial charge in [-0.1, -0.05) is 87.5 Å². The van der Waals surface area contributed by atoms with E-state index < -0.39 is 0 Å². The van der Waals surface area contributed by atoms with E-state index in [9.17, 15) is 0 Å². The van der Waals surface area contributed by atoms with Gasteiger partial charge in [0.05, 0.1) is 0 Å². The van der Waals surface area contributed by atoms with Gasteiger partial charge < -0.3 is 0 Å². The van der Waals surface area contributed by atoms with E-state index in [4.69, 9.17) is 0 Å². The van der Waals surface area contributed by atoms with Crippen molar-refractivity contribution in [2.75, 3.05) is 0 Å². The molecule has 0 saturated carbocycles. The number of hydrogen-bond acceptors (Lipinski definition) is 0. The van der Waals surface area contributed by atoms with E-state index in [-0.39, 0.29) is 10.8 Å². The molecule has 0 amide bonds. The highest BCUT2D eigenvalue weighted by Crippen LogP contribution is 2.52. The van der Waals surface area contributed by atoms with E-state index in [1.807, 2.05) is 0 Å². The molecule has 0 fully saturated rings. The van der Waals surface area contributed by atoms with E-state index in [1.165, 1.54) is 27.5 Å². The number of fused-ring (bicyclic) bond motifs is 2. The van der Waals surface area contributed by atoms with Crippen LogP contribution in [0.1, 0.15) is 43.9 Å². The van der Waals surface area contributed by atoms with E-state index in [1.54, 1.807) is 0 Å². The van der Waals surface area contributed by atoms with Gasteiger partial charge in [-0.2, -0.15) is 0 Å².